The highest BCUT2D eigenvalue weighted by molar-refractivity contribution is 5.96. The fourth-order valence-electron chi connectivity index (χ4n) is 4.16. The van der Waals surface area contributed by atoms with Crippen LogP contribution in [0.5, 0.6) is 0 Å². The lowest BCUT2D eigenvalue weighted by molar-refractivity contribution is 0.0679. The molecule has 0 unspecified atom stereocenters. The van der Waals surface area contributed by atoms with E-state index in [-0.39, 0.29) is 11.9 Å². The normalized spacial score (nSPS) is 16.1. The SMILES string of the molecule is C[C@H]1CN(C(=O)c2cnc3cnn(C)c3c2)Cc2nnc(CCc3ccccc3)n21. The summed E-state index contributed by atoms with van der Waals surface area (Å²) in [5.41, 5.74) is 3.48. The molecule has 152 valence electrons. The van der Waals surface area contributed by atoms with Crippen LogP contribution in [0, 0.1) is 0 Å². The lowest BCUT2D eigenvalue weighted by Gasteiger charge is -2.32. The second-order valence-electron chi connectivity index (χ2n) is 7.82. The molecule has 0 aliphatic carbocycles. The topological polar surface area (TPSA) is 81.7 Å². The fourth-order valence-corrected chi connectivity index (χ4v) is 4.16. The van der Waals surface area contributed by atoms with E-state index in [1.807, 2.05) is 24.1 Å². The van der Waals surface area contributed by atoms with E-state index in [4.69, 9.17) is 0 Å². The Morgan fingerprint density at radius 3 is 2.80 bits per heavy atom. The Bertz CT molecular complexity index is 1210. The molecule has 4 heterocycles. The van der Waals surface area contributed by atoms with E-state index in [1.165, 1.54) is 5.56 Å². The zero-order valence-corrected chi connectivity index (χ0v) is 17.1. The molecule has 1 aromatic carbocycles. The zero-order valence-electron chi connectivity index (χ0n) is 17.1. The van der Waals surface area contributed by atoms with Crippen molar-refractivity contribution in [3.8, 4) is 0 Å². The van der Waals surface area contributed by atoms with Crippen LogP contribution in [0.4, 0.5) is 0 Å². The van der Waals surface area contributed by atoms with E-state index in [1.54, 1.807) is 17.1 Å². The lowest BCUT2D eigenvalue weighted by atomic mass is 10.1. The largest absolute Gasteiger partial charge is 0.329 e. The van der Waals surface area contributed by atoms with Crippen LogP contribution in [0.15, 0.2) is 48.8 Å². The summed E-state index contributed by atoms with van der Waals surface area (Å²) in [7, 11) is 1.85. The van der Waals surface area contributed by atoms with Gasteiger partial charge < -0.3 is 9.47 Å². The van der Waals surface area contributed by atoms with Gasteiger partial charge in [0, 0.05) is 26.2 Å². The van der Waals surface area contributed by atoms with Gasteiger partial charge in [0.25, 0.3) is 5.91 Å². The second kappa shape index (κ2) is 7.37. The van der Waals surface area contributed by atoms with Gasteiger partial charge in [0.15, 0.2) is 5.82 Å². The number of hydrogen-bond donors (Lipinski definition) is 0. The predicted molar refractivity (Wildman–Crippen MR) is 112 cm³/mol. The maximum Gasteiger partial charge on any atom is 0.255 e. The van der Waals surface area contributed by atoms with Crippen molar-refractivity contribution in [3.05, 3.63) is 71.6 Å². The standard InChI is InChI=1S/C22H23N7O/c1-15-13-28(22(30)17-10-19-18(23-11-17)12-24-27(19)2)14-21-26-25-20(29(15)21)9-8-16-6-4-3-5-7-16/h3-7,10-12,15H,8-9,13-14H2,1-2H3/t15-/m0/s1. The Hall–Kier alpha value is -3.55. The third-order valence-electron chi connectivity index (χ3n) is 5.71. The van der Waals surface area contributed by atoms with Gasteiger partial charge in [0.2, 0.25) is 0 Å². The summed E-state index contributed by atoms with van der Waals surface area (Å²) < 4.78 is 3.92. The van der Waals surface area contributed by atoms with E-state index >= 15 is 0 Å². The third kappa shape index (κ3) is 3.24. The number of carbonyl (C=O) groups is 1. The number of rotatable bonds is 4. The summed E-state index contributed by atoms with van der Waals surface area (Å²) in [4.78, 5) is 19.4. The number of amides is 1. The van der Waals surface area contributed by atoms with Crippen molar-refractivity contribution >= 4 is 16.9 Å². The van der Waals surface area contributed by atoms with E-state index in [0.717, 1.165) is 35.5 Å². The minimum absolute atomic E-state index is 0.0439. The maximum absolute atomic E-state index is 13.1. The van der Waals surface area contributed by atoms with E-state index < -0.39 is 0 Å². The van der Waals surface area contributed by atoms with Gasteiger partial charge in [-0.15, -0.1) is 10.2 Å². The number of carbonyl (C=O) groups excluding carboxylic acids is 1. The monoisotopic (exact) mass is 401 g/mol. The zero-order chi connectivity index (χ0) is 20.7. The number of aryl methyl sites for hydroxylation is 3. The molecule has 5 rings (SSSR count). The Balaban J connectivity index is 1.35. The van der Waals surface area contributed by atoms with E-state index in [9.17, 15) is 4.79 Å². The van der Waals surface area contributed by atoms with Crippen LogP contribution < -0.4 is 0 Å². The van der Waals surface area contributed by atoms with Gasteiger partial charge in [0.05, 0.1) is 29.9 Å². The van der Waals surface area contributed by atoms with Crippen molar-refractivity contribution in [1.29, 1.82) is 0 Å². The Kier molecular flexibility index (Phi) is 4.54. The molecule has 1 aliphatic heterocycles. The average Bonchev–Trinajstić information content (AvgIpc) is 3.36. The van der Waals surface area contributed by atoms with Crippen LogP contribution in [0.2, 0.25) is 0 Å². The first kappa shape index (κ1) is 18.5. The van der Waals surface area contributed by atoms with Crippen molar-refractivity contribution < 1.29 is 4.79 Å². The van der Waals surface area contributed by atoms with E-state index in [2.05, 4.69) is 56.0 Å². The number of nitrogens with zero attached hydrogens (tertiary/aromatic N) is 7. The molecule has 8 nitrogen and oxygen atoms in total. The van der Waals surface area contributed by atoms with Crippen molar-refractivity contribution in [2.45, 2.75) is 32.4 Å². The molecule has 1 amide bonds. The van der Waals surface area contributed by atoms with Gasteiger partial charge in [-0.3, -0.25) is 14.5 Å². The smallest absolute Gasteiger partial charge is 0.255 e. The molecule has 1 aliphatic rings. The number of hydrogen-bond acceptors (Lipinski definition) is 5. The minimum Gasteiger partial charge on any atom is -0.329 e. The summed E-state index contributed by atoms with van der Waals surface area (Å²) in [6, 6.07) is 12.4. The molecule has 8 heteroatoms. The van der Waals surface area contributed by atoms with Gasteiger partial charge in [-0.05, 0) is 25.0 Å². The summed E-state index contributed by atoms with van der Waals surface area (Å²) in [5, 5.41) is 13.0. The molecule has 3 aromatic heterocycles. The second-order valence-corrected chi connectivity index (χ2v) is 7.82. The first-order chi connectivity index (χ1) is 14.6. The number of pyridine rings is 1. The highest BCUT2D eigenvalue weighted by Gasteiger charge is 2.29. The van der Waals surface area contributed by atoms with Crippen molar-refractivity contribution in [2.75, 3.05) is 6.54 Å². The molecule has 1 atom stereocenters. The summed E-state index contributed by atoms with van der Waals surface area (Å²) in [5.74, 6) is 1.77. The van der Waals surface area contributed by atoms with Crippen LogP contribution in [0.25, 0.3) is 11.0 Å². The Morgan fingerprint density at radius 2 is 1.97 bits per heavy atom. The summed E-state index contributed by atoms with van der Waals surface area (Å²) in [6.45, 7) is 3.18. The van der Waals surface area contributed by atoms with Gasteiger partial charge in [-0.2, -0.15) is 5.10 Å². The van der Waals surface area contributed by atoms with E-state index in [0.29, 0.717) is 18.7 Å². The quantitative estimate of drug-likeness (QED) is 0.525. The molecule has 0 saturated heterocycles. The molecule has 30 heavy (non-hydrogen) atoms. The van der Waals surface area contributed by atoms with Crippen molar-refractivity contribution in [3.63, 3.8) is 0 Å². The number of fused-ring (bicyclic) bond motifs is 2. The Labute approximate surface area is 174 Å². The predicted octanol–water partition coefficient (Wildman–Crippen LogP) is 2.56. The maximum atomic E-state index is 13.1. The molecular formula is C22H23N7O. The van der Waals surface area contributed by atoms with Crippen LogP contribution in [-0.2, 0) is 26.4 Å². The Morgan fingerprint density at radius 1 is 1.13 bits per heavy atom. The third-order valence-corrected chi connectivity index (χ3v) is 5.71. The molecular weight excluding hydrogens is 378 g/mol. The van der Waals surface area contributed by atoms with Crippen molar-refractivity contribution in [2.24, 2.45) is 7.05 Å². The van der Waals surface area contributed by atoms with Crippen LogP contribution >= 0.6 is 0 Å². The van der Waals surface area contributed by atoms with Gasteiger partial charge >= 0.3 is 0 Å². The van der Waals surface area contributed by atoms with Crippen LogP contribution in [0.1, 0.15) is 40.5 Å². The molecule has 0 radical (unpaired) electrons. The summed E-state index contributed by atoms with van der Waals surface area (Å²) in [6.07, 6.45) is 5.08. The highest BCUT2D eigenvalue weighted by Crippen LogP contribution is 2.24. The molecule has 0 spiro atoms. The number of benzene rings is 1. The van der Waals surface area contributed by atoms with Gasteiger partial charge in [-0.25, -0.2) is 0 Å². The first-order valence-corrected chi connectivity index (χ1v) is 10.1. The van der Waals surface area contributed by atoms with Crippen LogP contribution in [-0.4, -0.2) is 46.9 Å². The molecule has 0 fully saturated rings. The molecule has 4 aromatic rings. The van der Waals surface area contributed by atoms with Gasteiger partial charge in [-0.1, -0.05) is 30.3 Å². The highest BCUT2D eigenvalue weighted by atomic mass is 16.2. The molecule has 0 saturated carbocycles. The molecule has 0 N–H and O–H groups in total. The first-order valence-electron chi connectivity index (χ1n) is 10.1. The van der Waals surface area contributed by atoms with Gasteiger partial charge in [0.1, 0.15) is 11.3 Å². The van der Waals surface area contributed by atoms with Crippen LogP contribution in [0.3, 0.4) is 0 Å². The fraction of sp³-hybridized carbons (Fsp3) is 0.318. The van der Waals surface area contributed by atoms with Crippen molar-refractivity contribution in [1.82, 2.24) is 34.4 Å². The average molecular weight is 401 g/mol. The lowest BCUT2D eigenvalue weighted by Crippen LogP contribution is -2.40. The minimum atomic E-state index is -0.0439. The summed E-state index contributed by atoms with van der Waals surface area (Å²) >= 11 is 0. The molecule has 0 bridgehead atoms. The number of aromatic nitrogens is 6.